The van der Waals surface area contributed by atoms with Gasteiger partial charge in [0.05, 0.1) is 27.8 Å². The summed E-state index contributed by atoms with van der Waals surface area (Å²) in [5, 5.41) is 13.8. The van der Waals surface area contributed by atoms with Crippen molar-refractivity contribution in [3.63, 3.8) is 0 Å². The molecule has 0 unspecified atom stereocenters. The van der Waals surface area contributed by atoms with Gasteiger partial charge in [0.2, 0.25) is 0 Å². The highest BCUT2D eigenvalue weighted by molar-refractivity contribution is 6.13. The number of hydrogen-bond acceptors (Lipinski definition) is 2. The summed E-state index contributed by atoms with van der Waals surface area (Å²) in [6, 6.07) is 57.7. The van der Waals surface area contributed by atoms with E-state index in [1.165, 1.54) is 43.7 Å². The van der Waals surface area contributed by atoms with Crippen LogP contribution >= 0.6 is 0 Å². The van der Waals surface area contributed by atoms with Crippen molar-refractivity contribution in [3.8, 4) is 22.5 Å². The van der Waals surface area contributed by atoms with Gasteiger partial charge in [0, 0.05) is 38.6 Å². The van der Waals surface area contributed by atoms with E-state index in [0.717, 1.165) is 44.7 Å². The summed E-state index contributed by atoms with van der Waals surface area (Å²) in [5.74, 6) is 0. The van der Waals surface area contributed by atoms with Crippen LogP contribution in [0, 0.1) is 5.41 Å². The van der Waals surface area contributed by atoms with E-state index in [-0.39, 0.29) is 0 Å². The number of rotatable bonds is 9. The quantitative estimate of drug-likeness (QED) is 0.113. The Morgan fingerprint density at radius 3 is 1.57 bits per heavy atom. The first kappa shape index (κ1) is 34.3. The highest BCUT2D eigenvalue weighted by atomic mass is 15.0. The summed E-state index contributed by atoms with van der Waals surface area (Å²) < 4.78 is 4.67. The smallest absolute Gasteiger partial charge is 0.0632 e. The molecule has 0 aliphatic rings. The third-order valence-corrected chi connectivity index (χ3v) is 10.6. The third-order valence-electron chi connectivity index (χ3n) is 10.6. The lowest BCUT2D eigenvalue weighted by Crippen LogP contribution is -2.03. The van der Waals surface area contributed by atoms with E-state index in [1.807, 2.05) is 55.5 Å². The summed E-state index contributed by atoms with van der Waals surface area (Å²) in [7, 11) is 0. The first-order valence-corrected chi connectivity index (χ1v) is 18.9. The molecule has 4 nitrogen and oxygen atoms in total. The maximum Gasteiger partial charge on any atom is 0.0632 e. The topological polar surface area (TPSA) is 59.7 Å². The predicted molar refractivity (Wildman–Crippen MR) is 239 cm³/mol. The van der Waals surface area contributed by atoms with Gasteiger partial charge in [-0.25, -0.2) is 0 Å². The van der Waals surface area contributed by atoms with Crippen LogP contribution in [0.25, 0.3) is 77.4 Å². The molecule has 0 atom stereocenters. The van der Waals surface area contributed by atoms with Gasteiger partial charge in [-0.2, -0.15) is 0 Å². The molecule has 0 fully saturated rings. The second-order valence-electron chi connectivity index (χ2n) is 14.0. The molecule has 7 aromatic carbocycles. The molecule has 2 heterocycles. The van der Waals surface area contributed by atoms with Crippen LogP contribution in [0.1, 0.15) is 23.6 Å². The number of nitrogens with one attached hydrogen (secondary N) is 1. The highest BCUT2D eigenvalue weighted by Crippen LogP contribution is 2.38. The standard InChI is InChI=1S/C52H40N4/c1-3-12-35(13-4-2)36-20-22-37(23-21-36)47(53)34-48(54)38-24-28-42(29-25-38)56-50-19-11-9-17-44(50)46-33-40(27-31-52(46)56)39-26-30-51-45(32-39)43-16-8-10-18-49(43)55(51)41-14-6-5-7-15-41/h3-34,54H,1,53H2,2H3/b13-4-,35-12+,47-34-,54-48?. The number of fused-ring (bicyclic) bond motifs is 6. The number of hydrogen-bond donors (Lipinski definition) is 2. The average molecular weight is 721 g/mol. The van der Waals surface area contributed by atoms with E-state index in [0.29, 0.717) is 11.4 Å². The van der Waals surface area contributed by atoms with Gasteiger partial charge in [0.25, 0.3) is 0 Å². The monoisotopic (exact) mass is 720 g/mol. The molecule has 0 radical (unpaired) electrons. The fourth-order valence-corrected chi connectivity index (χ4v) is 7.96. The second-order valence-corrected chi connectivity index (χ2v) is 14.0. The van der Waals surface area contributed by atoms with Gasteiger partial charge in [-0.3, -0.25) is 0 Å². The van der Waals surface area contributed by atoms with Crippen molar-refractivity contribution in [1.82, 2.24) is 9.13 Å². The van der Waals surface area contributed by atoms with Gasteiger partial charge >= 0.3 is 0 Å². The van der Waals surface area contributed by atoms with Gasteiger partial charge in [-0.15, -0.1) is 0 Å². The van der Waals surface area contributed by atoms with Crippen LogP contribution in [0.15, 0.2) is 201 Å². The summed E-state index contributed by atoms with van der Waals surface area (Å²) in [4.78, 5) is 0. The molecule has 4 heteroatoms. The van der Waals surface area contributed by atoms with Crippen molar-refractivity contribution in [2.24, 2.45) is 5.73 Å². The van der Waals surface area contributed by atoms with E-state index in [4.69, 9.17) is 11.1 Å². The largest absolute Gasteiger partial charge is 0.398 e. The molecule has 9 rings (SSSR count). The lowest BCUT2D eigenvalue weighted by atomic mass is 10.0. The summed E-state index contributed by atoms with van der Waals surface area (Å²) >= 11 is 0. The number of nitrogens with two attached hydrogens (primary N) is 1. The van der Waals surface area contributed by atoms with Crippen molar-refractivity contribution in [2.45, 2.75) is 6.92 Å². The summed E-state index contributed by atoms with van der Waals surface area (Å²) in [6.45, 7) is 5.83. The van der Waals surface area contributed by atoms with Crippen LogP contribution in [0.2, 0.25) is 0 Å². The molecular formula is C52H40N4. The molecule has 0 aliphatic carbocycles. The lowest BCUT2D eigenvalue weighted by Gasteiger charge is -2.10. The molecule has 9 aromatic rings. The number of para-hydroxylation sites is 3. The Balaban J connectivity index is 1.04. The Kier molecular flexibility index (Phi) is 8.85. The SMILES string of the molecule is C=C/C=C(\C=C/C)c1ccc(/C(N)=C/C(=N)c2ccc(-n3c4ccccc4c4cc(-c5ccc6c(c5)c5ccccc5n6-c5ccccc5)ccc43)cc2)cc1. The van der Waals surface area contributed by atoms with E-state index in [2.05, 4.69) is 149 Å². The molecule has 56 heavy (non-hydrogen) atoms. The predicted octanol–water partition coefficient (Wildman–Crippen LogP) is 13.1. The minimum absolute atomic E-state index is 0.356. The third kappa shape index (κ3) is 6.04. The van der Waals surface area contributed by atoms with Crippen molar-refractivity contribution < 1.29 is 0 Å². The van der Waals surface area contributed by atoms with E-state index < -0.39 is 0 Å². The zero-order valence-electron chi connectivity index (χ0n) is 31.2. The molecule has 0 aliphatic heterocycles. The highest BCUT2D eigenvalue weighted by Gasteiger charge is 2.16. The van der Waals surface area contributed by atoms with Crippen molar-refractivity contribution in [2.75, 3.05) is 0 Å². The number of benzene rings is 7. The Hall–Kier alpha value is -7.43. The van der Waals surface area contributed by atoms with Crippen molar-refractivity contribution in [3.05, 3.63) is 217 Å². The van der Waals surface area contributed by atoms with Crippen LogP contribution in [0.4, 0.5) is 0 Å². The molecular weight excluding hydrogens is 681 g/mol. The van der Waals surface area contributed by atoms with Crippen LogP contribution < -0.4 is 5.73 Å². The van der Waals surface area contributed by atoms with E-state index in [9.17, 15) is 0 Å². The maximum atomic E-state index is 8.89. The van der Waals surface area contributed by atoms with Gasteiger partial charge < -0.3 is 20.3 Å². The lowest BCUT2D eigenvalue weighted by molar-refractivity contribution is 1.18. The van der Waals surface area contributed by atoms with Crippen LogP contribution in [0.3, 0.4) is 0 Å². The first-order valence-electron chi connectivity index (χ1n) is 18.9. The fraction of sp³-hybridized carbons (Fsp3) is 0.0192. The second kappa shape index (κ2) is 14.4. The average Bonchev–Trinajstić information content (AvgIpc) is 3.76. The van der Waals surface area contributed by atoms with E-state index >= 15 is 0 Å². The Bertz CT molecular complexity index is 3040. The van der Waals surface area contributed by atoms with Gasteiger partial charge in [0.1, 0.15) is 0 Å². The van der Waals surface area contributed by atoms with E-state index in [1.54, 1.807) is 12.2 Å². The molecule has 0 saturated carbocycles. The fourth-order valence-electron chi connectivity index (χ4n) is 7.96. The number of nitrogens with zero attached hydrogens (tertiary/aromatic N) is 2. The minimum Gasteiger partial charge on any atom is -0.398 e. The van der Waals surface area contributed by atoms with Crippen molar-refractivity contribution in [1.29, 1.82) is 5.41 Å². The van der Waals surface area contributed by atoms with Crippen LogP contribution in [-0.4, -0.2) is 14.8 Å². The number of allylic oxidation sites excluding steroid dienone is 6. The van der Waals surface area contributed by atoms with Gasteiger partial charge in [0.15, 0.2) is 0 Å². The maximum absolute atomic E-state index is 8.89. The summed E-state index contributed by atoms with van der Waals surface area (Å²) in [6.07, 6.45) is 9.57. The van der Waals surface area contributed by atoms with Gasteiger partial charge in [-0.1, -0.05) is 134 Å². The van der Waals surface area contributed by atoms with Gasteiger partial charge in [-0.05, 0) is 107 Å². The molecule has 3 N–H and O–H groups in total. The zero-order valence-corrected chi connectivity index (χ0v) is 31.2. The Labute approximate surface area is 326 Å². The van der Waals surface area contributed by atoms with Crippen molar-refractivity contribution >= 4 is 60.6 Å². The number of aromatic nitrogens is 2. The van der Waals surface area contributed by atoms with Crippen LogP contribution in [-0.2, 0) is 0 Å². The molecule has 2 aromatic heterocycles. The normalized spacial score (nSPS) is 12.4. The zero-order chi connectivity index (χ0) is 38.2. The molecule has 0 amide bonds. The van der Waals surface area contributed by atoms with Crippen LogP contribution in [0.5, 0.6) is 0 Å². The molecule has 0 spiro atoms. The first-order chi connectivity index (χ1) is 27.5. The Morgan fingerprint density at radius 1 is 0.536 bits per heavy atom. The molecule has 0 saturated heterocycles. The molecule has 268 valence electrons. The Morgan fingerprint density at radius 2 is 1.02 bits per heavy atom. The minimum atomic E-state index is 0.356. The summed E-state index contributed by atoms with van der Waals surface area (Å²) in [5.41, 5.74) is 20.4. The molecule has 0 bridgehead atoms.